The van der Waals surface area contributed by atoms with Crippen molar-refractivity contribution in [2.75, 3.05) is 17.7 Å². The topological polar surface area (TPSA) is 91.2 Å². The standard InChI is InChI=1S/C25H24ClN3O3S/c1-4-32-25(31)22-16(3)28-24(19(13-27)23(22)18-7-5-6-8-20(18)26)33-14-21(30)29-17-11-9-15(2)10-12-17/h5-12,23,28H,4,14H2,1-3H3,(H,29,30)/t23-/m0/s1. The van der Waals surface area contributed by atoms with E-state index in [-0.39, 0.29) is 18.3 Å². The van der Waals surface area contributed by atoms with Crippen molar-refractivity contribution in [3.63, 3.8) is 0 Å². The zero-order valence-electron chi connectivity index (χ0n) is 18.6. The number of carbonyl (C=O) groups is 2. The Morgan fingerprint density at radius 1 is 1.18 bits per heavy atom. The fraction of sp³-hybridized carbons (Fsp3) is 0.240. The molecule has 8 heteroatoms. The van der Waals surface area contributed by atoms with Gasteiger partial charge >= 0.3 is 5.97 Å². The highest BCUT2D eigenvalue weighted by atomic mass is 35.5. The Kier molecular flexibility index (Phi) is 8.21. The maximum absolute atomic E-state index is 12.8. The first kappa shape index (κ1) is 24.4. The van der Waals surface area contributed by atoms with Crippen LogP contribution in [0.2, 0.25) is 5.02 Å². The summed E-state index contributed by atoms with van der Waals surface area (Å²) >= 11 is 7.65. The van der Waals surface area contributed by atoms with E-state index in [1.807, 2.05) is 31.2 Å². The number of amides is 1. The van der Waals surface area contributed by atoms with Crippen LogP contribution < -0.4 is 10.6 Å². The summed E-state index contributed by atoms with van der Waals surface area (Å²) in [7, 11) is 0. The predicted molar refractivity (Wildman–Crippen MR) is 132 cm³/mol. The number of rotatable bonds is 7. The molecule has 1 atom stereocenters. The molecule has 0 saturated heterocycles. The normalized spacial score (nSPS) is 15.5. The average Bonchev–Trinajstić information content (AvgIpc) is 2.79. The van der Waals surface area contributed by atoms with Crippen LogP contribution in [0.25, 0.3) is 0 Å². The molecule has 1 amide bonds. The third-order valence-electron chi connectivity index (χ3n) is 5.04. The van der Waals surface area contributed by atoms with Crippen molar-refractivity contribution in [3.8, 4) is 6.07 Å². The van der Waals surface area contributed by atoms with Crippen molar-refractivity contribution in [2.45, 2.75) is 26.7 Å². The van der Waals surface area contributed by atoms with Crippen LogP contribution in [-0.4, -0.2) is 24.2 Å². The molecule has 1 heterocycles. The highest BCUT2D eigenvalue weighted by molar-refractivity contribution is 8.03. The van der Waals surface area contributed by atoms with Crippen molar-refractivity contribution < 1.29 is 14.3 Å². The SMILES string of the molecule is CCOC(=O)C1=C(C)NC(SCC(=O)Nc2ccc(C)cc2)=C(C#N)[C@@H]1c1ccccc1Cl. The molecule has 3 rings (SSSR count). The molecule has 0 radical (unpaired) electrons. The van der Waals surface area contributed by atoms with E-state index in [4.69, 9.17) is 16.3 Å². The lowest BCUT2D eigenvalue weighted by Gasteiger charge is -2.29. The molecule has 1 aliphatic rings. The molecular weight excluding hydrogens is 458 g/mol. The van der Waals surface area contributed by atoms with Gasteiger partial charge in [0.2, 0.25) is 5.91 Å². The van der Waals surface area contributed by atoms with Gasteiger partial charge in [-0.2, -0.15) is 5.26 Å². The molecule has 170 valence electrons. The van der Waals surface area contributed by atoms with Crippen LogP contribution in [0.15, 0.2) is 70.4 Å². The molecule has 0 bridgehead atoms. The maximum Gasteiger partial charge on any atom is 0.336 e. The van der Waals surface area contributed by atoms with E-state index < -0.39 is 11.9 Å². The lowest BCUT2D eigenvalue weighted by molar-refractivity contribution is -0.138. The summed E-state index contributed by atoms with van der Waals surface area (Å²) in [6, 6.07) is 16.8. The van der Waals surface area contributed by atoms with Gasteiger partial charge in [-0.05, 0) is 44.5 Å². The summed E-state index contributed by atoms with van der Waals surface area (Å²) in [5.41, 5.74) is 3.62. The van der Waals surface area contributed by atoms with Crippen molar-refractivity contribution in [2.24, 2.45) is 0 Å². The maximum atomic E-state index is 12.8. The van der Waals surface area contributed by atoms with E-state index in [0.717, 1.165) is 5.56 Å². The number of allylic oxidation sites excluding steroid dienone is 2. The van der Waals surface area contributed by atoms with Crippen LogP contribution in [0.3, 0.4) is 0 Å². The third kappa shape index (κ3) is 5.78. The summed E-state index contributed by atoms with van der Waals surface area (Å²) in [5, 5.41) is 17.0. The number of dihydropyridines is 1. The predicted octanol–water partition coefficient (Wildman–Crippen LogP) is 5.28. The number of benzene rings is 2. The van der Waals surface area contributed by atoms with Gasteiger partial charge in [0.25, 0.3) is 0 Å². The number of carbonyl (C=O) groups excluding carboxylic acids is 2. The Morgan fingerprint density at radius 2 is 1.88 bits per heavy atom. The summed E-state index contributed by atoms with van der Waals surface area (Å²) < 4.78 is 5.26. The van der Waals surface area contributed by atoms with Gasteiger partial charge in [0.1, 0.15) is 0 Å². The molecule has 33 heavy (non-hydrogen) atoms. The van der Waals surface area contributed by atoms with Crippen molar-refractivity contribution in [1.82, 2.24) is 5.32 Å². The Bertz CT molecular complexity index is 1170. The molecule has 0 spiro atoms. The molecule has 1 aliphatic heterocycles. The second-order valence-corrected chi connectivity index (χ2v) is 8.79. The Morgan fingerprint density at radius 3 is 2.52 bits per heavy atom. The lowest BCUT2D eigenvalue weighted by Crippen LogP contribution is -2.29. The smallest absolute Gasteiger partial charge is 0.336 e. The number of nitrogens with one attached hydrogen (secondary N) is 2. The molecule has 0 aromatic heterocycles. The summed E-state index contributed by atoms with van der Waals surface area (Å²) in [4.78, 5) is 25.3. The number of aryl methyl sites for hydroxylation is 1. The minimum absolute atomic E-state index is 0.0820. The minimum atomic E-state index is -0.702. The molecule has 0 unspecified atom stereocenters. The van der Waals surface area contributed by atoms with E-state index >= 15 is 0 Å². The highest BCUT2D eigenvalue weighted by Crippen LogP contribution is 2.43. The number of anilines is 1. The number of hydrogen-bond acceptors (Lipinski definition) is 6. The number of halogens is 1. The third-order valence-corrected chi connectivity index (χ3v) is 6.40. The first-order valence-electron chi connectivity index (χ1n) is 10.4. The molecule has 2 N–H and O–H groups in total. The van der Waals surface area contributed by atoms with Gasteiger partial charge in [0, 0.05) is 16.4 Å². The van der Waals surface area contributed by atoms with Gasteiger partial charge in [-0.15, -0.1) is 0 Å². The quantitative estimate of drug-likeness (QED) is 0.523. The van der Waals surface area contributed by atoms with Crippen molar-refractivity contribution in [3.05, 3.63) is 86.6 Å². The second-order valence-electron chi connectivity index (χ2n) is 7.40. The first-order valence-corrected chi connectivity index (χ1v) is 11.7. The van der Waals surface area contributed by atoms with Gasteiger partial charge in [-0.3, -0.25) is 4.79 Å². The number of nitrogens with zero attached hydrogens (tertiary/aromatic N) is 1. The van der Waals surface area contributed by atoms with E-state index in [2.05, 4.69) is 16.7 Å². The fourth-order valence-electron chi connectivity index (χ4n) is 3.50. The van der Waals surface area contributed by atoms with E-state index in [0.29, 0.717) is 38.1 Å². The lowest BCUT2D eigenvalue weighted by atomic mass is 9.82. The molecule has 2 aromatic rings. The second kappa shape index (κ2) is 11.1. The molecule has 0 fully saturated rings. The van der Waals surface area contributed by atoms with Crippen LogP contribution in [0, 0.1) is 18.3 Å². The van der Waals surface area contributed by atoms with Crippen LogP contribution in [0.4, 0.5) is 5.69 Å². The van der Waals surface area contributed by atoms with E-state index in [1.165, 1.54) is 11.8 Å². The molecule has 2 aromatic carbocycles. The minimum Gasteiger partial charge on any atom is -0.463 e. The number of thioether (sulfide) groups is 1. The number of hydrogen-bond donors (Lipinski definition) is 2. The van der Waals surface area contributed by atoms with Crippen LogP contribution >= 0.6 is 23.4 Å². The number of esters is 1. The Labute approximate surface area is 202 Å². The van der Waals surface area contributed by atoms with Gasteiger partial charge in [-0.1, -0.05) is 59.3 Å². The monoisotopic (exact) mass is 481 g/mol. The van der Waals surface area contributed by atoms with Crippen molar-refractivity contribution >= 4 is 40.9 Å². The van der Waals surface area contributed by atoms with E-state index in [9.17, 15) is 14.9 Å². The average molecular weight is 482 g/mol. The summed E-state index contributed by atoms with van der Waals surface area (Å²) in [6.07, 6.45) is 0. The van der Waals surface area contributed by atoms with Crippen LogP contribution in [0.1, 0.15) is 30.9 Å². The number of nitriles is 1. The highest BCUT2D eigenvalue weighted by Gasteiger charge is 2.36. The van der Waals surface area contributed by atoms with Gasteiger partial charge in [0.05, 0.1) is 40.5 Å². The number of ether oxygens (including phenoxy) is 1. The molecule has 6 nitrogen and oxygen atoms in total. The summed E-state index contributed by atoms with van der Waals surface area (Å²) in [6.45, 7) is 5.65. The Balaban J connectivity index is 1.90. The zero-order valence-corrected chi connectivity index (χ0v) is 20.1. The van der Waals surface area contributed by atoms with E-state index in [1.54, 1.807) is 38.1 Å². The largest absolute Gasteiger partial charge is 0.463 e. The molecular formula is C25H24ClN3O3S. The Hall–Kier alpha value is -3.21. The summed E-state index contributed by atoms with van der Waals surface area (Å²) in [5.74, 6) is -1.34. The van der Waals surface area contributed by atoms with Crippen LogP contribution in [-0.2, 0) is 14.3 Å². The first-order chi connectivity index (χ1) is 15.8. The molecule has 0 aliphatic carbocycles. The van der Waals surface area contributed by atoms with Gasteiger partial charge in [0.15, 0.2) is 0 Å². The van der Waals surface area contributed by atoms with Gasteiger partial charge < -0.3 is 15.4 Å². The zero-order chi connectivity index (χ0) is 24.0. The molecule has 0 saturated carbocycles. The fourth-order valence-corrected chi connectivity index (χ4v) is 4.63. The van der Waals surface area contributed by atoms with Crippen LogP contribution in [0.5, 0.6) is 0 Å². The van der Waals surface area contributed by atoms with Gasteiger partial charge in [-0.25, -0.2) is 4.79 Å². The van der Waals surface area contributed by atoms with Crippen molar-refractivity contribution in [1.29, 1.82) is 5.26 Å².